The predicted molar refractivity (Wildman–Crippen MR) is 140 cm³/mol. The summed E-state index contributed by atoms with van der Waals surface area (Å²) in [5, 5.41) is 23.6. The van der Waals surface area contributed by atoms with Crippen molar-refractivity contribution >= 4 is 13.7 Å². The molecule has 2 heterocycles. The van der Waals surface area contributed by atoms with Gasteiger partial charge in [-0.2, -0.15) is 9.48 Å². The third kappa shape index (κ3) is 7.87. The van der Waals surface area contributed by atoms with Gasteiger partial charge in [0.25, 0.3) is 5.56 Å². The van der Waals surface area contributed by atoms with Gasteiger partial charge in [0.15, 0.2) is 6.23 Å². The minimum atomic E-state index is -4.32. The van der Waals surface area contributed by atoms with E-state index in [1.54, 1.807) is 23.2 Å². The summed E-state index contributed by atoms with van der Waals surface area (Å²) in [4.78, 5) is 38.1. The number of benzene rings is 1. The lowest BCUT2D eigenvalue weighted by Gasteiger charge is -2.24. The fraction of sp³-hybridized carbons (Fsp3) is 0.560. The van der Waals surface area contributed by atoms with E-state index >= 15 is 0 Å². The van der Waals surface area contributed by atoms with E-state index < -0.39 is 73.7 Å². The number of aromatic amines is 1. The molecule has 1 aromatic carbocycles. The van der Waals surface area contributed by atoms with Crippen molar-refractivity contribution < 1.29 is 42.5 Å². The molecular formula is C25H35FN3O10P. The SMILES string of the molecule is CCCCCCOC(=O)[C@H](C)NP(=O)(OC[C@H]1O[C@@H](n2c(C)c(F)c(=O)[nH]c2=O)[C@H](O)[C@@H]1O)Oc1ccccc1. The molecule has 6 atom stereocenters. The molecule has 15 heteroatoms. The van der Waals surface area contributed by atoms with Crippen LogP contribution in [0.1, 0.15) is 51.5 Å². The second-order valence-electron chi connectivity index (χ2n) is 9.35. The highest BCUT2D eigenvalue weighted by atomic mass is 31.2. The molecule has 1 fully saturated rings. The molecule has 0 radical (unpaired) electrons. The van der Waals surface area contributed by atoms with Gasteiger partial charge in [-0.1, -0.05) is 44.4 Å². The lowest BCUT2D eigenvalue weighted by Crippen LogP contribution is -2.40. The Balaban J connectivity index is 1.73. The lowest BCUT2D eigenvalue weighted by atomic mass is 10.1. The van der Waals surface area contributed by atoms with Crippen LogP contribution < -0.4 is 20.9 Å². The van der Waals surface area contributed by atoms with Gasteiger partial charge in [-0.25, -0.2) is 9.36 Å². The van der Waals surface area contributed by atoms with Crippen LogP contribution in [0.5, 0.6) is 5.75 Å². The maximum atomic E-state index is 14.1. The Morgan fingerprint density at radius 2 is 1.90 bits per heavy atom. The molecule has 1 aliphatic heterocycles. The Hall–Kier alpha value is -2.87. The zero-order valence-corrected chi connectivity index (χ0v) is 23.3. The summed E-state index contributed by atoms with van der Waals surface area (Å²) in [6.45, 7) is 4.17. The van der Waals surface area contributed by atoms with E-state index in [0.717, 1.165) is 26.2 Å². The summed E-state index contributed by atoms with van der Waals surface area (Å²) in [7, 11) is -4.32. The molecule has 0 bridgehead atoms. The van der Waals surface area contributed by atoms with Crippen molar-refractivity contribution in [1.29, 1.82) is 0 Å². The first-order valence-electron chi connectivity index (χ1n) is 12.9. The van der Waals surface area contributed by atoms with Gasteiger partial charge in [0.2, 0.25) is 5.82 Å². The van der Waals surface area contributed by atoms with Crippen molar-refractivity contribution in [2.75, 3.05) is 13.2 Å². The largest absolute Gasteiger partial charge is 0.465 e. The van der Waals surface area contributed by atoms with Crippen molar-refractivity contribution in [2.45, 2.75) is 77.0 Å². The van der Waals surface area contributed by atoms with Gasteiger partial charge in [-0.05, 0) is 32.4 Å². The van der Waals surface area contributed by atoms with E-state index in [4.69, 9.17) is 18.5 Å². The molecule has 0 saturated carbocycles. The van der Waals surface area contributed by atoms with Gasteiger partial charge in [0, 0.05) is 0 Å². The molecule has 3 rings (SSSR count). The average Bonchev–Trinajstić information content (AvgIpc) is 3.19. The first-order chi connectivity index (χ1) is 19.0. The standard InChI is InChI=1S/C25H35FN3O10P/c1-4-5-6-10-13-36-24(33)15(2)28-40(35,39-17-11-8-7-9-12-17)37-14-18-20(30)21(31)23(38-18)29-16(3)19(26)22(32)27-25(29)34/h7-9,11-12,15,18,20-21,23,30-31H,4-6,10,13-14H2,1-3H3,(H,28,35)(H,27,32,34)/t15-,18+,20+,21+,23+,40?/m0/s1. The molecule has 0 aliphatic carbocycles. The number of aromatic nitrogens is 2. The number of aliphatic hydroxyl groups is 2. The number of rotatable bonds is 14. The molecule has 1 aromatic heterocycles. The van der Waals surface area contributed by atoms with Crippen LogP contribution in [0.25, 0.3) is 0 Å². The third-order valence-electron chi connectivity index (χ3n) is 6.23. The average molecular weight is 588 g/mol. The summed E-state index contributed by atoms with van der Waals surface area (Å²) in [5.41, 5.74) is -2.73. The van der Waals surface area contributed by atoms with Crippen LogP contribution in [-0.2, 0) is 23.4 Å². The summed E-state index contributed by atoms with van der Waals surface area (Å²) in [6, 6.07) is 6.87. The minimum absolute atomic E-state index is 0.148. The van der Waals surface area contributed by atoms with E-state index in [1.165, 1.54) is 19.1 Å². The molecule has 1 aliphatic rings. The lowest BCUT2D eigenvalue weighted by molar-refractivity contribution is -0.145. The minimum Gasteiger partial charge on any atom is -0.465 e. The second kappa shape index (κ2) is 14.2. The van der Waals surface area contributed by atoms with Crippen LogP contribution in [0.15, 0.2) is 39.9 Å². The van der Waals surface area contributed by atoms with Crippen LogP contribution in [0, 0.1) is 12.7 Å². The van der Waals surface area contributed by atoms with Gasteiger partial charge in [-0.3, -0.25) is 23.7 Å². The van der Waals surface area contributed by atoms with E-state index in [9.17, 15) is 33.6 Å². The van der Waals surface area contributed by atoms with Crippen molar-refractivity contribution in [3.63, 3.8) is 0 Å². The molecule has 0 amide bonds. The Bertz CT molecular complexity index is 1300. The Kier molecular flexibility index (Phi) is 11.2. The summed E-state index contributed by atoms with van der Waals surface area (Å²) in [5.74, 6) is -1.80. The highest BCUT2D eigenvalue weighted by Gasteiger charge is 2.46. The number of carbonyl (C=O) groups excluding carboxylic acids is 1. The van der Waals surface area contributed by atoms with Crippen LogP contribution in [0.3, 0.4) is 0 Å². The Morgan fingerprint density at radius 3 is 2.58 bits per heavy atom. The predicted octanol–water partition coefficient (Wildman–Crippen LogP) is 1.91. The number of hydrogen-bond donors (Lipinski definition) is 4. The van der Waals surface area contributed by atoms with Crippen LogP contribution in [-0.4, -0.2) is 63.3 Å². The van der Waals surface area contributed by atoms with Gasteiger partial charge >= 0.3 is 19.4 Å². The van der Waals surface area contributed by atoms with Gasteiger partial charge in [0.1, 0.15) is 30.1 Å². The van der Waals surface area contributed by atoms with E-state index in [1.807, 2.05) is 0 Å². The number of nitrogens with zero attached hydrogens (tertiary/aromatic N) is 1. The molecule has 40 heavy (non-hydrogen) atoms. The van der Waals surface area contributed by atoms with Gasteiger partial charge < -0.3 is 24.2 Å². The monoisotopic (exact) mass is 587 g/mol. The molecule has 2 aromatic rings. The number of hydrogen-bond acceptors (Lipinski definition) is 10. The zero-order valence-electron chi connectivity index (χ0n) is 22.4. The van der Waals surface area contributed by atoms with Crippen molar-refractivity contribution in [3.05, 3.63) is 62.7 Å². The molecule has 1 unspecified atom stereocenters. The van der Waals surface area contributed by atoms with Crippen LogP contribution in [0.4, 0.5) is 4.39 Å². The first-order valence-corrected chi connectivity index (χ1v) is 14.5. The second-order valence-corrected chi connectivity index (χ2v) is 11.0. The van der Waals surface area contributed by atoms with Crippen molar-refractivity contribution in [3.8, 4) is 5.75 Å². The molecule has 13 nitrogen and oxygen atoms in total. The van der Waals surface area contributed by atoms with E-state index in [2.05, 4.69) is 12.0 Å². The first kappa shape index (κ1) is 31.7. The topological polar surface area (TPSA) is 178 Å². The molecule has 222 valence electrons. The number of nitrogens with one attached hydrogen (secondary N) is 2. The molecule has 1 saturated heterocycles. The highest BCUT2D eigenvalue weighted by molar-refractivity contribution is 7.52. The quantitative estimate of drug-likeness (QED) is 0.144. The zero-order chi connectivity index (χ0) is 29.4. The smallest absolute Gasteiger partial charge is 0.459 e. The third-order valence-corrected chi connectivity index (χ3v) is 7.88. The highest BCUT2D eigenvalue weighted by Crippen LogP contribution is 2.46. The number of carbonyl (C=O) groups is 1. The number of ether oxygens (including phenoxy) is 2. The van der Waals surface area contributed by atoms with E-state index in [-0.39, 0.29) is 12.4 Å². The Morgan fingerprint density at radius 1 is 1.20 bits per heavy atom. The summed E-state index contributed by atoms with van der Waals surface area (Å²) >= 11 is 0. The normalized spacial score (nSPS) is 22.9. The maximum Gasteiger partial charge on any atom is 0.459 e. The van der Waals surface area contributed by atoms with Crippen molar-refractivity contribution in [1.82, 2.24) is 14.6 Å². The molecule has 4 N–H and O–H groups in total. The number of halogens is 1. The van der Waals surface area contributed by atoms with Crippen LogP contribution >= 0.6 is 7.75 Å². The van der Waals surface area contributed by atoms with Crippen molar-refractivity contribution in [2.24, 2.45) is 0 Å². The fourth-order valence-corrected chi connectivity index (χ4v) is 5.52. The molecule has 0 spiro atoms. The number of para-hydroxylation sites is 1. The Labute approximate surface area is 229 Å². The summed E-state index contributed by atoms with van der Waals surface area (Å²) < 4.78 is 50.4. The number of unbranched alkanes of at least 4 members (excludes halogenated alkanes) is 3. The fourth-order valence-electron chi connectivity index (χ4n) is 4.02. The number of aliphatic hydroxyl groups excluding tert-OH is 2. The van der Waals surface area contributed by atoms with E-state index in [0.29, 0.717) is 11.0 Å². The number of H-pyrrole nitrogens is 1. The summed E-state index contributed by atoms with van der Waals surface area (Å²) in [6.07, 6.45) is -2.74. The number of esters is 1. The van der Waals surface area contributed by atoms with Gasteiger partial charge in [0.05, 0.1) is 18.9 Å². The van der Waals surface area contributed by atoms with Crippen LogP contribution in [0.2, 0.25) is 0 Å². The molecular weight excluding hydrogens is 552 g/mol. The maximum absolute atomic E-state index is 14.1. The van der Waals surface area contributed by atoms with Gasteiger partial charge in [-0.15, -0.1) is 0 Å².